The number of amides is 1. The van der Waals surface area contributed by atoms with Crippen LogP contribution in [0.3, 0.4) is 0 Å². The molecule has 2 aliphatic rings. The second kappa shape index (κ2) is 6.48. The summed E-state index contributed by atoms with van der Waals surface area (Å²) in [5.41, 5.74) is 0.452. The second-order valence-corrected chi connectivity index (χ2v) is 6.86. The molecule has 2 atom stereocenters. The fraction of sp³-hybridized carbons (Fsp3) is 0.529. The van der Waals surface area contributed by atoms with Gasteiger partial charge in [0.15, 0.2) is 0 Å². The van der Waals surface area contributed by atoms with E-state index in [1.54, 1.807) is 17.0 Å². The highest BCUT2D eigenvalue weighted by molar-refractivity contribution is 6.31. The summed E-state index contributed by atoms with van der Waals surface area (Å²) in [5.74, 6) is -1.27. The fourth-order valence-electron chi connectivity index (χ4n) is 3.49. The van der Waals surface area contributed by atoms with E-state index in [4.69, 9.17) is 16.7 Å². The van der Waals surface area contributed by atoms with Crippen LogP contribution >= 0.6 is 11.6 Å². The topological polar surface area (TPSA) is 57.6 Å². The van der Waals surface area contributed by atoms with Crippen LogP contribution in [0.25, 0.3) is 0 Å². The van der Waals surface area contributed by atoms with Gasteiger partial charge in [0.25, 0.3) is 0 Å². The van der Waals surface area contributed by atoms with E-state index in [9.17, 15) is 14.0 Å². The summed E-state index contributed by atoms with van der Waals surface area (Å²) in [6, 6.07) is 4.59. The first-order valence-electron chi connectivity index (χ1n) is 7.92. The molecule has 1 aliphatic carbocycles. The molecule has 3 rings (SSSR count). The van der Waals surface area contributed by atoms with Crippen molar-refractivity contribution in [1.82, 2.24) is 4.90 Å². The van der Waals surface area contributed by atoms with Crippen molar-refractivity contribution in [2.24, 2.45) is 11.8 Å². The lowest BCUT2D eigenvalue weighted by Crippen LogP contribution is -2.40. The second-order valence-electron chi connectivity index (χ2n) is 6.45. The Kier molecular flexibility index (Phi) is 4.57. The standard InChI is InChI=1S/C17H19ClFNO3/c18-13-2-1-3-14(19)16(13)11-9-12(11)17(23)20-6-4-10(5-7-20)8-15(21)22/h1-3,10-12H,4-9H2,(H,21,22). The minimum Gasteiger partial charge on any atom is -0.481 e. The maximum atomic E-state index is 13.9. The van der Waals surface area contributed by atoms with Crippen molar-refractivity contribution in [3.63, 3.8) is 0 Å². The molecule has 1 heterocycles. The van der Waals surface area contributed by atoms with E-state index in [1.165, 1.54) is 6.07 Å². The zero-order chi connectivity index (χ0) is 16.6. The Balaban J connectivity index is 1.58. The van der Waals surface area contributed by atoms with Crippen LogP contribution in [0.1, 0.15) is 37.2 Å². The van der Waals surface area contributed by atoms with Crippen molar-refractivity contribution in [3.8, 4) is 0 Å². The number of carboxylic acid groups (broad SMARTS) is 1. The van der Waals surface area contributed by atoms with E-state index in [2.05, 4.69) is 0 Å². The number of benzene rings is 1. The fourth-order valence-corrected chi connectivity index (χ4v) is 3.79. The molecule has 1 N–H and O–H groups in total. The van der Waals surface area contributed by atoms with Gasteiger partial charge in [-0.05, 0) is 37.3 Å². The Labute approximate surface area is 139 Å². The summed E-state index contributed by atoms with van der Waals surface area (Å²) in [6.45, 7) is 1.18. The predicted octanol–water partition coefficient (Wildman–Crippen LogP) is 3.30. The molecule has 1 aliphatic heterocycles. The van der Waals surface area contributed by atoms with E-state index in [1.807, 2.05) is 0 Å². The molecule has 124 valence electrons. The van der Waals surface area contributed by atoms with Gasteiger partial charge in [-0.3, -0.25) is 9.59 Å². The van der Waals surface area contributed by atoms with Crippen LogP contribution in [-0.4, -0.2) is 35.0 Å². The van der Waals surface area contributed by atoms with Crippen LogP contribution in [0.2, 0.25) is 5.02 Å². The number of rotatable bonds is 4. The third-order valence-electron chi connectivity index (χ3n) is 4.87. The first kappa shape index (κ1) is 16.2. The van der Waals surface area contributed by atoms with Crippen LogP contribution in [0.15, 0.2) is 18.2 Å². The smallest absolute Gasteiger partial charge is 0.303 e. The van der Waals surface area contributed by atoms with Crippen molar-refractivity contribution in [2.75, 3.05) is 13.1 Å². The highest BCUT2D eigenvalue weighted by Gasteiger charge is 2.48. The minimum atomic E-state index is -0.786. The van der Waals surface area contributed by atoms with Gasteiger partial charge in [-0.15, -0.1) is 0 Å². The number of hydrogen-bond donors (Lipinski definition) is 1. The first-order valence-corrected chi connectivity index (χ1v) is 8.29. The van der Waals surface area contributed by atoms with Crippen molar-refractivity contribution in [3.05, 3.63) is 34.6 Å². The number of aliphatic carboxylic acids is 1. The summed E-state index contributed by atoms with van der Waals surface area (Å²) < 4.78 is 13.9. The van der Waals surface area contributed by atoms with Crippen LogP contribution < -0.4 is 0 Å². The summed E-state index contributed by atoms with van der Waals surface area (Å²) in [7, 11) is 0. The van der Waals surface area contributed by atoms with Gasteiger partial charge in [-0.2, -0.15) is 0 Å². The normalized spacial score (nSPS) is 24.5. The maximum absolute atomic E-state index is 13.9. The molecular formula is C17H19ClFNO3. The van der Waals surface area contributed by atoms with Gasteiger partial charge in [0.1, 0.15) is 5.82 Å². The van der Waals surface area contributed by atoms with Crippen molar-refractivity contribution >= 4 is 23.5 Å². The molecule has 6 heteroatoms. The molecule has 0 aromatic heterocycles. The van der Waals surface area contributed by atoms with Gasteiger partial charge in [0, 0.05) is 41.9 Å². The van der Waals surface area contributed by atoms with E-state index in [0.717, 1.165) is 12.8 Å². The van der Waals surface area contributed by atoms with Crippen molar-refractivity contribution in [1.29, 1.82) is 0 Å². The highest BCUT2D eigenvalue weighted by atomic mass is 35.5. The molecule has 0 spiro atoms. The largest absolute Gasteiger partial charge is 0.481 e. The number of carbonyl (C=O) groups is 2. The molecule has 1 saturated carbocycles. The molecular weight excluding hydrogens is 321 g/mol. The molecule has 2 fully saturated rings. The summed E-state index contributed by atoms with van der Waals surface area (Å²) in [6.07, 6.45) is 2.24. The lowest BCUT2D eigenvalue weighted by Gasteiger charge is -2.31. The number of piperidine rings is 1. The van der Waals surface area contributed by atoms with Crippen molar-refractivity contribution < 1.29 is 19.1 Å². The van der Waals surface area contributed by atoms with E-state index in [0.29, 0.717) is 30.1 Å². The molecule has 23 heavy (non-hydrogen) atoms. The Morgan fingerprint density at radius 3 is 2.61 bits per heavy atom. The van der Waals surface area contributed by atoms with E-state index >= 15 is 0 Å². The Morgan fingerprint density at radius 1 is 1.30 bits per heavy atom. The van der Waals surface area contributed by atoms with E-state index < -0.39 is 5.97 Å². The highest BCUT2D eigenvalue weighted by Crippen LogP contribution is 2.51. The zero-order valence-electron chi connectivity index (χ0n) is 12.7. The molecule has 0 bridgehead atoms. The average molecular weight is 340 g/mol. The van der Waals surface area contributed by atoms with Gasteiger partial charge < -0.3 is 10.0 Å². The third-order valence-corrected chi connectivity index (χ3v) is 5.20. The van der Waals surface area contributed by atoms with Crippen molar-refractivity contribution in [2.45, 2.75) is 31.6 Å². The number of halogens is 2. The van der Waals surface area contributed by atoms with E-state index in [-0.39, 0.29) is 35.9 Å². The SMILES string of the molecule is O=C(O)CC1CCN(C(=O)C2CC2c2c(F)cccc2Cl)CC1. The minimum absolute atomic E-state index is 0.0445. The Morgan fingerprint density at radius 2 is 2.00 bits per heavy atom. The molecule has 1 amide bonds. The molecule has 1 saturated heterocycles. The number of carbonyl (C=O) groups excluding carboxylic acids is 1. The van der Waals surface area contributed by atoms with Gasteiger partial charge in [-0.1, -0.05) is 17.7 Å². The predicted molar refractivity (Wildman–Crippen MR) is 83.8 cm³/mol. The van der Waals surface area contributed by atoms with Gasteiger partial charge >= 0.3 is 5.97 Å². The van der Waals surface area contributed by atoms with Gasteiger partial charge in [-0.25, -0.2) is 4.39 Å². The summed E-state index contributed by atoms with van der Waals surface area (Å²) >= 11 is 6.07. The number of nitrogens with zero attached hydrogens (tertiary/aromatic N) is 1. The molecule has 1 aromatic rings. The number of likely N-dealkylation sites (tertiary alicyclic amines) is 1. The quantitative estimate of drug-likeness (QED) is 0.915. The Bertz CT molecular complexity index is 608. The van der Waals surface area contributed by atoms with Gasteiger partial charge in [0.05, 0.1) is 0 Å². The average Bonchev–Trinajstić information content (AvgIpc) is 3.27. The lowest BCUT2D eigenvalue weighted by molar-refractivity contribution is -0.138. The third kappa shape index (κ3) is 3.50. The molecule has 4 nitrogen and oxygen atoms in total. The van der Waals surface area contributed by atoms with Crippen LogP contribution in [0, 0.1) is 17.7 Å². The lowest BCUT2D eigenvalue weighted by atomic mass is 9.93. The summed E-state index contributed by atoms with van der Waals surface area (Å²) in [5, 5.41) is 9.20. The molecule has 0 radical (unpaired) electrons. The number of carboxylic acids is 1. The maximum Gasteiger partial charge on any atom is 0.303 e. The first-order chi connectivity index (χ1) is 11.0. The van der Waals surface area contributed by atoms with Crippen LogP contribution in [-0.2, 0) is 9.59 Å². The summed E-state index contributed by atoms with van der Waals surface area (Å²) in [4.78, 5) is 25.1. The molecule has 1 aromatic carbocycles. The van der Waals surface area contributed by atoms with Crippen LogP contribution in [0.5, 0.6) is 0 Å². The van der Waals surface area contributed by atoms with Crippen LogP contribution in [0.4, 0.5) is 4.39 Å². The Hall–Kier alpha value is -1.62. The van der Waals surface area contributed by atoms with Gasteiger partial charge in [0.2, 0.25) is 5.91 Å². The number of hydrogen-bond acceptors (Lipinski definition) is 2. The molecule has 2 unspecified atom stereocenters. The monoisotopic (exact) mass is 339 g/mol. The zero-order valence-corrected chi connectivity index (χ0v) is 13.4.